The van der Waals surface area contributed by atoms with E-state index in [4.69, 9.17) is 16.3 Å². The molecule has 8 heteroatoms. The monoisotopic (exact) mass is 432 g/mol. The van der Waals surface area contributed by atoms with Gasteiger partial charge in [-0.3, -0.25) is 0 Å². The van der Waals surface area contributed by atoms with Crippen molar-refractivity contribution >= 4 is 23.5 Å². The minimum atomic E-state index is -0.473. The van der Waals surface area contributed by atoms with E-state index < -0.39 is 5.60 Å². The van der Waals surface area contributed by atoms with Gasteiger partial charge in [-0.1, -0.05) is 11.6 Å². The van der Waals surface area contributed by atoms with Gasteiger partial charge in [-0.2, -0.15) is 0 Å². The van der Waals surface area contributed by atoms with E-state index in [1.165, 1.54) is 18.2 Å². The highest BCUT2D eigenvalue weighted by Gasteiger charge is 2.43. The van der Waals surface area contributed by atoms with Gasteiger partial charge in [0.2, 0.25) is 0 Å². The van der Waals surface area contributed by atoms with Gasteiger partial charge in [-0.25, -0.2) is 9.18 Å². The summed E-state index contributed by atoms with van der Waals surface area (Å²) in [6.45, 7) is 7.13. The van der Waals surface area contributed by atoms with E-state index >= 15 is 0 Å². The number of nitrogens with one attached hydrogen (secondary N) is 1. The summed E-state index contributed by atoms with van der Waals surface area (Å²) in [5.74, 6) is 1.25. The lowest BCUT2D eigenvalue weighted by atomic mass is 10.0. The maximum Gasteiger partial charge on any atom is 0.410 e. The van der Waals surface area contributed by atoms with Crippen molar-refractivity contribution in [3.8, 4) is 11.3 Å². The molecule has 2 fully saturated rings. The van der Waals surface area contributed by atoms with Gasteiger partial charge in [0.1, 0.15) is 17.2 Å². The predicted octanol–water partition coefficient (Wildman–Crippen LogP) is 4.99. The van der Waals surface area contributed by atoms with Crippen LogP contribution < -0.4 is 5.32 Å². The Morgan fingerprint density at radius 2 is 1.87 bits per heavy atom. The number of benzene rings is 1. The fraction of sp³-hybridized carbons (Fsp3) is 0.500. The third-order valence-electron chi connectivity index (χ3n) is 5.62. The first kappa shape index (κ1) is 20.8. The van der Waals surface area contributed by atoms with Gasteiger partial charge in [0, 0.05) is 24.7 Å². The van der Waals surface area contributed by atoms with Gasteiger partial charge in [0.05, 0.1) is 10.7 Å². The Morgan fingerprint density at radius 1 is 1.17 bits per heavy atom. The number of carbonyl (C=O) groups is 1. The number of rotatable bonds is 3. The Morgan fingerprint density at radius 3 is 2.47 bits per heavy atom. The molecular weight excluding hydrogens is 407 g/mol. The summed E-state index contributed by atoms with van der Waals surface area (Å²) in [5, 5.41) is 12.3. The topological polar surface area (TPSA) is 67.3 Å². The Labute approximate surface area is 180 Å². The van der Waals surface area contributed by atoms with Gasteiger partial charge < -0.3 is 15.0 Å². The van der Waals surface area contributed by atoms with E-state index in [1.807, 2.05) is 31.7 Å². The molecule has 160 valence electrons. The van der Waals surface area contributed by atoms with Crippen LogP contribution in [0.4, 0.5) is 15.0 Å². The van der Waals surface area contributed by atoms with Crippen molar-refractivity contribution in [1.82, 2.24) is 15.1 Å². The zero-order valence-electron chi connectivity index (χ0n) is 17.4. The number of ether oxygens (including phenoxy) is 1. The van der Waals surface area contributed by atoms with Crippen molar-refractivity contribution in [2.75, 3.05) is 18.4 Å². The zero-order valence-corrected chi connectivity index (χ0v) is 18.1. The highest BCUT2D eigenvalue weighted by atomic mass is 35.5. The fourth-order valence-corrected chi connectivity index (χ4v) is 4.56. The molecule has 1 N–H and O–H groups in total. The molecule has 1 amide bonds. The second-order valence-corrected chi connectivity index (χ2v) is 9.55. The molecule has 1 aromatic carbocycles. The summed E-state index contributed by atoms with van der Waals surface area (Å²) in [4.78, 5) is 14.1. The first-order chi connectivity index (χ1) is 14.2. The van der Waals surface area contributed by atoms with E-state index in [0.29, 0.717) is 40.0 Å². The lowest BCUT2D eigenvalue weighted by Crippen LogP contribution is -2.36. The molecule has 30 heavy (non-hydrogen) atoms. The van der Waals surface area contributed by atoms with Crippen molar-refractivity contribution in [2.45, 2.75) is 45.3 Å². The smallest absolute Gasteiger partial charge is 0.410 e. The van der Waals surface area contributed by atoms with Crippen molar-refractivity contribution in [1.29, 1.82) is 0 Å². The molecule has 2 aliphatic rings. The van der Waals surface area contributed by atoms with Crippen LogP contribution in [-0.2, 0) is 4.74 Å². The molecule has 0 unspecified atom stereocenters. The van der Waals surface area contributed by atoms with Gasteiger partial charge in [0.25, 0.3) is 0 Å². The molecule has 2 aromatic rings. The number of halogens is 2. The van der Waals surface area contributed by atoms with Gasteiger partial charge in [-0.15, -0.1) is 10.2 Å². The van der Waals surface area contributed by atoms with Crippen LogP contribution in [0.2, 0.25) is 5.02 Å². The molecule has 1 aliphatic heterocycles. The summed E-state index contributed by atoms with van der Waals surface area (Å²) in [5.41, 5.74) is 0.578. The maximum atomic E-state index is 13.5. The second-order valence-electron chi connectivity index (χ2n) is 9.15. The summed E-state index contributed by atoms with van der Waals surface area (Å²) < 4.78 is 19.0. The summed E-state index contributed by atoms with van der Waals surface area (Å²) in [6, 6.07) is 8.10. The molecule has 2 heterocycles. The molecule has 1 aromatic heterocycles. The third kappa shape index (κ3) is 4.67. The van der Waals surface area contributed by atoms with Crippen molar-refractivity contribution < 1.29 is 13.9 Å². The normalized spacial score (nSPS) is 23.4. The van der Waals surface area contributed by atoms with Gasteiger partial charge in [0.15, 0.2) is 0 Å². The molecule has 0 radical (unpaired) electrons. The highest BCUT2D eigenvalue weighted by Crippen LogP contribution is 2.39. The Kier molecular flexibility index (Phi) is 5.57. The fourth-order valence-electron chi connectivity index (χ4n) is 4.35. The largest absolute Gasteiger partial charge is 0.444 e. The van der Waals surface area contributed by atoms with Gasteiger partial charge in [-0.05, 0) is 75.8 Å². The molecule has 4 rings (SSSR count). The van der Waals surface area contributed by atoms with Crippen LogP contribution in [0.5, 0.6) is 0 Å². The number of aromatic nitrogens is 2. The predicted molar refractivity (Wildman–Crippen MR) is 114 cm³/mol. The quantitative estimate of drug-likeness (QED) is 0.739. The molecule has 3 atom stereocenters. The minimum absolute atomic E-state index is 0.223. The van der Waals surface area contributed by atoms with Crippen LogP contribution in [0, 0.1) is 17.7 Å². The average molecular weight is 433 g/mol. The summed E-state index contributed by atoms with van der Waals surface area (Å²) >= 11 is 6.14. The van der Waals surface area contributed by atoms with Crippen LogP contribution in [0.3, 0.4) is 0 Å². The molecule has 1 saturated carbocycles. The van der Waals surface area contributed by atoms with Crippen LogP contribution >= 0.6 is 11.6 Å². The van der Waals surface area contributed by atoms with Crippen LogP contribution in [-0.4, -0.2) is 45.9 Å². The Hall–Kier alpha value is -2.41. The average Bonchev–Trinajstić information content (AvgIpc) is 3.22. The van der Waals surface area contributed by atoms with Crippen molar-refractivity contribution in [3.63, 3.8) is 0 Å². The minimum Gasteiger partial charge on any atom is -0.444 e. The van der Waals surface area contributed by atoms with Crippen LogP contribution in [0.25, 0.3) is 11.3 Å². The van der Waals surface area contributed by atoms with E-state index in [1.54, 1.807) is 6.07 Å². The second kappa shape index (κ2) is 8.02. The van der Waals surface area contributed by atoms with Crippen molar-refractivity contribution in [2.24, 2.45) is 11.8 Å². The first-order valence-electron chi connectivity index (χ1n) is 10.2. The number of likely N-dealkylation sites (tertiary alicyclic amines) is 1. The first-order valence-corrected chi connectivity index (χ1v) is 10.6. The summed E-state index contributed by atoms with van der Waals surface area (Å²) in [7, 11) is 0. The molecule has 1 aliphatic carbocycles. The third-order valence-corrected chi connectivity index (χ3v) is 5.95. The highest BCUT2D eigenvalue weighted by molar-refractivity contribution is 6.33. The molecule has 0 bridgehead atoms. The number of carbonyl (C=O) groups excluding carboxylic acids is 1. The maximum absolute atomic E-state index is 13.5. The van der Waals surface area contributed by atoms with E-state index in [9.17, 15) is 9.18 Å². The lowest BCUT2D eigenvalue weighted by Gasteiger charge is -2.25. The number of nitrogens with zero attached hydrogens (tertiary/aromatic N) is 3. The Bertz CT molecular complexity index is 918. The number of hydrogen-bond donors (Lipinski definition) is 1. The standard InChI is InChI=1S/C22H26ClFN4O2/c1-22(2,3)30-21(29)28-11-13-8-16(9-14(13)12-28)25-20-7-6-19(26-27-20)17-10-15(24)4-5-18(17)23/h4-7,10,13-14,16H,8-9,11-12H2,1-3H3,(H,25,27)/t13-,14+,16+. The van der Waals surface area contributed by atoms with Gasteiger partial charge >= 0.3 is 6.09 Å². The molecule has 0 spiro atoms. The lowest BCUT2D eigenvalue weighted by molar-refractivity contribution is 0.0280. The Balaban J connectivity index is 1.33. The van der Waals surface area contributed by atoms with Crippen LogP contribution in [0.1, 0.15) is 33.6 Å². The van der Waals surface area contributed by atoms with Crippen molar-refractivity contribution in [3.05, 3.63) is 41.2 Å². The zero-order chi connectivity index (χ0) is 21.5. The molecule has 6 nitrogen and oxygen atoms in total. The summed E-state index contributed by atoms with van der Waals surface area (Å²) in [6.07, 6.45) is 1.73. The number of amides is 1. The molecular formula is C22H26ClFN4O2. The number of anilines is 1. The van der Waals surface area contributed by atoms with E-state index in [0.717, 1.165) is 25.9 Å². The van der Waals surface area contributed by atoms with Crippen LogP contribution in [0.15, 0.2) is 30.3 Å². The SMILES string of the molecule is CC(C)(C)OC(=O)N1C[C@H]2C[C@H](Nc3ccc(-c4cc(F)ccc4Cl)nn3)C[C@H]2C1. The number of fused-ring (bicyclic) bond motifs is 1. The number of hydrogen-bond acceptors (Lipinski definition) is 5. The van der Waals surface area contributed by atoms with E-state index in [2.05, 4.69) is 15.5 Å². The molecule has 1 saturated heterocycles. The van der Waals surface area contributed by atoms with E-state index in [-0.39, 0.29) is 11.9 Å².